The highest BCUT2D eigenvalue weighted by Crippen LogP contribution is 2.67. The number of hydroxylamine groups is 3. The number of hydrogen-bond donors (Lipinski definition) is 2. The minimum Gasteiger partial charge on any atom is -0.632 e. The van der Waals surface area contributed by atoms with Crippen molar-refractivity contribution in [1.82, 2.24) is 4.90 Å². The van der Waals surface area contributed by atoms with E-state index in [0.717, 1.165) is 27.5 Å². The van der Waals surface area contributed by atoms with Crippen LogP contribution >= 0.6 is 22.6 Å². The van der Waals surface area contributed by atoms with Gasteiger partial charge < -0.3 is 29.7 Å². The summed E-state index contributed by atoms with van der Waals surface area (Å²) in [5.41, 5.74) is 0.449. The second kappa shape index (κ2) is 7.58. The Bertz CT molecular complexity index is 1270. The molecule has 2 aromatic carbocycles. The van der Waals surface area contributed by atoms with Crippen LogP contribution in [-0.2, 0) is 11.8 Å². The molecule has 2 unspecified atom stereocenters. The predicted molar refractivity (Wildman–Crippen MR) is 142 cm³/mol. The molecule has 0 radical (unpaired) electrons. The number of halogens is 1. The molecule has 0 aromatic heterocycles. The van der Waals surface area contributed by atoms with E-state index in [9.17, 15) is 20.2 Å². The van der Waals surface area contributed by atoms with Crippen LogP contribution in [0.4, 0.5) is 0 Å². The number of quaternary nitrogens is 1. The lowest BCUT2D eigenvalue weighted by Crippen LogP contribution is -2.81. The van der Waals surface area contributed by atoms with Crippen LogP contribution < -0.4 is 4.74 Å². The number of hydrogen-bond acceptors (Lipinski definition) is 5. The molecule has 5 aliphatic rings. The summed E-state index contributed by atoms with van der Waals surface area (Å²) >= 11 is 2.22. The smallest absolute Gasteiger partial charge is 0.253 e. The third-order valence-electron chi connectivity index (χ3n) is 9.93. The highest BCUT2D eigenvalue weighted by Gasteiger charge is 2.76. The Morgan fingerprint density at radius 1 is 1.19 bits per heavy atom. The molecule has 1 amide bonds. The molecule has 36 heavy (non-hydrogen) atoms. The normalized spacial score (nSPS) is 37.7. The number of nitrogens with zero attached hydrogens (tertiary/aromatic N) is 2. The molecule has 7 rings (SSSR count). The lowest BCUT2D eigenvalue weighted by Gasteiger charge is -2.68. The summed E-state index contributed by atoms with van der Waals surface area (Å²) in [6, 6.07) is 10.3. The largest absolute Gasteiger partial charge is 0.632 e. The Balaban J connectivity index is 1.33. The van der Waals surface area contributed by atoms with Crippen LogP contribution in [0.15, 0.2) is 36.4 Å². The molecule has 8 heteroatoms. The van der Waals surface area contributed by atoms with Gasteiger partial charge in [0.25, 0.3) is 5.91 Å². The van der Waals surface area contributed by atoms with Gasteiger partial charge in [-0.1, -0.05) is 6.07 Å². The van der Waals surface area contributed by atoms with E-state index in [2.05, 4.69) is 22.6 Å². The third-order valence-corrected chi connectivity index (χ3v) is 10.7. The maximum absolute atomic E-state index is 14.3. The lowest BCUT2D eigenvalue weighted by molar-refractivity contribution is -0.924. The monoisotopic (exact) mass is 602 g/mol. The van der Waals surface area contributed by atoms with Crippen LogP contribution in [0, 0.1) is 14.7 Å². The SMILES string of the molecule is CN(C(=O)c1ccc(I)cc1)[C@H]1CC[C@@]2(O)[C@H]3Cc4ccc(O)c5c4C2(CC[N+]3([O-])CC2CC2)[C@H]1O5. The van der Waals surface area contributed by atoms with Crippen molar-refractivity contribution < 1.29 is 24.4 Å². The summed E-state index contributed by atoms with van der Waals surface area (Å²) in [6.45, 7) is 1.00. The lowest BCUT2D eigenvalue weighted by atomic mass is 9.48. The number of benzene rings is 2. The predicted octanol–water partition coefficient (Wildman–Crippen LogP) is 3.71. The molecule has 2 bridgehead atoms. The number of aliphatic hydroxyl groups is 1. The van der Waals surface area contributed by atoms with Crippen molar-refractivity contribution >= 4 is 28.5 Å². The van der Waals surface area contributed by atoms with Crippen molar-refractivity contribution in [2.24, 2.45) is 5.92 Å². The van der Waals surface area contributed by atoms with E-state index in [1.807, 2.05) is 37.4 Å². The van der Waals surface area contributed by atoms with Gasteiger partial charge in [0.15, 0.2) is 11.5 Å². The van der Waals surface area contributed by atoms with Gasteiger partial charge in [-0.3, -0.25) is 4.79 Å². The average Bonchev–Trinajstić information content (AvgIpc) is 3.59. The first-order valence-electron chi connectivity index (χ1n) is 13.0. The molecule has 3 aliphatic carbocycles. The topological polar surface area (TPSA) is 93.1 Å². The third kappa shape index (κ3) is 2.93. The number of carbonyl (C=O) groups excluding carboxylic acids is 1. The zero-order valence-corrected chi connectivity index (χ0v) is 22.5. The summed E-state index contributed by atoms with van der Waals surface area (Å²) in [6.07, 6.45) is 3.65. The number of likely N-dealkylation sites (N-methyl/N-ethyl adjacent to an activating group) is 1. The van der Waals surface area contributed by atoms with E-state index in [4.69, 9.17) is 4.74 Å². The highest BCUT2D eigenvalue weighted by atomic mass is 127. The molecule has 6 atom stereocenters. The molecule has 2 aliphatic heterocycles. The van der Waals surface area contributed by atoms with Gasteiger partial charge in [0, 0.05) is 40.5 Å². The number of aromatic hydroxyl groups is 1. The second-order valence-corrected chi connectivity index (χ2v) is 12.9. The number of amides is 1. The first-order chi connectivity index (χ1) is 17.2. The number of rotatable bonds is 4. The number of phenolic OH excluding ortho intramolecular Hbond substituents is 1. The molecule has 1 saturated heterocycles. The Labute approximate surface area is 224 Å². The van der Waals surface area contributed by atoms with E-state index in [1.165, 1.54) is 0 Å². The van der Waals surface area contributed by atoms with Crippen molar-refractivity contribution in [2.45, 2.75) is 67.7 Å². The van der Waals surface area contributed by atoms with Gasteiger partial charge in [-0.2, -0.15) is 0 Å². The van der Waals surface area contributed by atoms with Crippen LogP contribution in [0.3, 0.4) is 0 Å². The van der Waals surface area contributed by atoms with Gasteiger partial charge in [-0.15, -0.1) is 0 Å². The maximum atomic E-state index is 14.3. The Kier molecular flexibility index (Phi) is 4.90. The van der Waals surface area contributed by atoms with Crippen LogP contribution in [0.5, 0.6) is 11.5 Å². The van der Waals surface area contributed by atoms with E-state index >= 15 is 0 Å². The molecule has 3 fully saturated rings. The summed E-state index contributed by atoms with van der Waals surface area (Å²) in [5.74, 6) is 0.870. The van der Waals surface area contributed by atoms with Crippen LogP contribution in [0.25, 0.3) is 0 Å². The minimum absolute atomic E-state index is 0.0649. The molecule has 2 N–H and O–H groups in total. The van der Waals surface area contributed by atoms with Crippen molar-refractivity contribution in [3.63, 3.8) is 0 Å². The quantitative estimate of drug-likeness (QED) is 0.317. The number of carbonyl (C=O) groups is 1. The van der Waals surface area contributed by atoms with Crippen molar-refractivity contribution in [3.8, 4) is 11.5 Å². The van der Waals surface area contributed by atoms with Gasteiger partial charge >= 0.3 is 0 Å². The zero-order valence-electron chi connectivity index (χ0n) is 20.3. The van der Waals surface area contributed by atoms with Gasteiger partial charge in [-0.05, 0) is 84.2 Å². The number of piperidine rings is 1. The fraction of sp³-hybridized carbons (Fsp3) is 0.536. The van der Waals surface area contributed by atoms with Crippen LogP contribution in [-0.4, -0.2) is 69.6 Å². The Hall–Kier alpha value is -1.88. The maximum Gasteiger partial charge on any atom is 0.253 e. The fourth-order valence-electron chi connectivity index (χ4n) is 8.07. The zero-order chi connectivity index (χ0) is 25.0. The summed E-state index contributed by atoms with van der Waals surface area (Å²) in [4.78, 5) is 15.3. The molecule has 2 heterocycles. The van der Waals surface area contributed by atoms with E-state index in [1.54, 1.807) is 11.0 Å². The highest BCUT2D eigenvalue weighted by molar-refractivity contribution is 14.1. The summed E-state index contributed by atoms with van der Waals surface area (Å²) < 4.78 is 7.28. The van der Waals surface area contributed by atoms with Crippen LogP contribution in [0.2, 0.25) is 0 Å². The Morgan fingerprint density at radius 2 is 1.94 bits per heavy atom. The van der Waals surface area contributed by atoms with Crippen molar-refractivity contribution in [3.05, 3.63) is 61.9 Å². The summed E-state index contributed by atoms with van der Waals surface area (Å²) in [5, 5.41) is 37.7. The van der Waals surface area contributed by atoms with E-state index < -0.39 is 23.2 Å². The molecule has 7 nitrogen and oxygen atoms in total. The number of phenols is 1. The van der Waals surface area contributed by atoms with Gasteiger partial charge in [0.2, 0.25) is 0 Å². The first-order valence-corrected chi connectivity index (χ1v) is 14.1. The van der Waals surface area contributed by atoms with Crippen LogP contribution in [0.1, 0.15) is 53.6 Å². The molecule has 1 spiro atoms. The number of ether oxygens (including phenoxy) is 1. The Morgan fingerprint density at radius 3 is 2.67 bits per heavy atom. The van der Waals surface area contributed by atoms with Gasteiger partial charge in [0.1, 0.15) is 17.7 Å². The van der Waals surface area contributed by atoms with Gasteiger partial charge in [0.05, 0.1) is 24.5 Å². The van der Waals surface area contributed by atoms with E-state index in [0.29, 0.717) is 56.0 Å². The fourth-order valence-corrected chi connectivity index (χ4v) is 8.43. The second-order valence-electron chi connectivity index (χ2n) is 11.7. The molecular formula is C28H31IN2O5. The van der Waals surface area contributed by atoms with Crippen molar-refractivity contribution in [1.29, 1.82) is 0 Å². The minimum atomic E-state index is -1.23. The van der Waals surface area contributed by atoms with E-state index in [-0.39, 0.29) is 22.3 Å². The summed E-state index contributed by atoms with van der Waals surface area (Å²) in [7, 11) is 1.81. The molecule has 190 valence electrons. The van der Waals surface area contributed by atoms with Crippen molar-refractivity contribution in [2.75, 3.05) is 20.1 Å². The first kappa shape index (κ1) is 23.3. The molecule has 2 saturated carbocycles. The standard InChI is InChI=1S/C28H31IN2O5/c1-30(26(33)17-4-7-19(29)8-5-17)20-10-11-28(34)22-14-18-6-9-21(32)24-23(18)27(28,25(20)36-24)12-13-31(22,35)15-16-2-3-16/h4-9,16,20,22,25,32,34H,2-3,10-15H2,1H3/t20-,22+,25-,27?,28+,31?/m0/s1. The molecule has 2 aromatic rings. The average molecular weight is 602 g/mol. The van der Waals surface area contributed by atoms with Gasteiger partial charge in [-0.25, -0.2) is 0 Å². The molecular weight excluding hydrogens is 571 g/mol. The number of likely N-dealkylation sites (tertiary alicyclic amines) is 1.